The van der Waals surface area contributed by atoms with Crippen LogP contribution in [0.25, 0.3) is 0 Å². The topological polar surface area (TPSA) is 80.7 Å². The van der Waals surface area contributed by atoms with Gasteiger partial charge >= 0.3 is 0 Å². The van der Waals surface area contributed by atoms with Gasteiger partial charge in [-0.15, -0.1) is 0 Å². The number of ether oxygens (including phenoxy) is 2. The van der Waals surface area contributed by atoms with E-state index in [1.54, 1.807) is 12.1 Å². The van der Waals surface area contributed by atoms with Gasteiger partial charge in [-0.1, -0.05) is 62.7 Å². The van der Waals surface area contributed by atoms with Gasteiger partial charge in [0.25, 0.3) is 5.91 Å². The first-order chi connectivity index (χ1) is 16.5. The van der Waals surface area contributed by atoms with E-state index in [0.29, 0.717) is 5.69 Å². The van der Waals surface area contributed by atoms with Crippen molar-refractivity contribution in [2.24, 2.45) is 0 Å². The molecule has 0 aliphatic rings. The molecule has 1 amide bonds. The number of aromatic hydroxyl groups is 1. The Labute approximate surface area is 199 Å². The smallest absolute Gasteiger partial charge is 0.257 e. The highest BCUT2D eigenvalue weighted by Gasteiger charge is 2.21. The lowest BCUT2D eigenvalue weighted by Crippen LogP contribution is -2.23. The molecule has 1 unspecified atom stereocenters. The van der Waals surface area contributed by atoms with Gasteiger partial charge in [-0.05, 0) is 36.1 Å². The summed E-state index contributed by atoms with van der Waals surface area (Å²) in [4.78, 5) is 17.2. The van der Waals surface area contributed by atoms with Gasteiger partial charge in [0.05, 0.1) is 12.7 Å². The maximum atomic E-state index is 13.1. The fourth-order valence-corrected chi connectivity index (χ4v) is 3.48. The number of nitrogens with zero attached hydrogens (tertiary/aromatic N) is 1. The predicted molar refractivity (Wildman–Crippen MR) is 128 cm³/mol. The molecule has 7 heteroatoms. The number of aromatic nitrogens is 1. The number of rotatable bonds is 12. The van der Waals surface area contributed by atoms with Crippen LogP contribution >= 0.6 is 0 Å². The first-order valence-corrected chi connectivity index (χ1v) is 11.5. The van der Waals surface area contributed by atoms with E-state index >= 15 is 0 Å². The number of hydrogen-bond donors (Lipinski definition) is 2. The Morgan fingerprint density at radius 3 is 2.47 bits per heavy atom. The first-order valence-electron chi connectivity index (χ1n) is 11.5. The van der Waals surface area contributed by atoms with Crippen molar-refractivity contribution in [2.75, 3.05) is 0 Å². The second kappa shape index (κ2) is 12.7. The summed E-state index contributed by atoms with van der Waals surface area (Å²) in [5, 5.41) is 13.7. The summed E-state index contributed by atoms with van der Waals surface area (Å²) in [6.45, 7) is 4.71. The molecule has 0 saturated heterocycles. The van der Waals surface area contributed by atoms with E-state index in [4.69, 9.17) is 9.47 Å². The zero-order valence-corrected chi connectivity index (χ0v) is 19.6. The van der Waals surface area contributed by atoms with E-state index < -0.39 is 5.91 Å². The number of carbonyl (C=O) groups is 1. The van der Waals surface area contributed by atoms with Gasteiger partial charge in [-0.25, -0.2) is 4.39 Å². The van der Waals surface area contributed by atoms with Gasteiger partial charge in [0.15, 0.2) is 11.5 Å². The van der Waals surface area contributed by atoms with Crippen molar-refractivity contribution in [3.63, 3.8) is 0 Å². The summed E-state index contributed by atoms with van der Waals surface area (Å²) in [6, 6.07) is 15.4. The normalized spacial score (nSPS) is 11.7. The minimum Gasteiger partial charge on any atom is -0.504 e. The van der Waals surface area contributed by atoms with E-state index in [1.807, 2.05) is 30.3 Å². The molecule has 2 N–H and O–H groups in total. The molecule has 0 saturated carbocycles. The molecule has 0 spiro atoms. The van der Waals surface area contributed by atoms with E-state index in [1.165, 1.54) is 18.3 Å². The fourth-order valence-electron chi connectivity index (χ4n) is 3.48. The van der Waals surface area contributed by atoms with Gasteiger partial charge < -0.3 is 19.9 Å². The fraction of sp³-hybridized carbons (Fsp3) is 0.333. The lowest BCUT2D eigenvalue weighted by Gasteiger charge is -2.18. The van der Waals surface area contributed by atoms with Crippen molar-refractivity contribution < 1.29 is 23.8 Å². The van der Waals surface area contributed by atoms with Crippen LogP contribution in [0.15, 0.2) is 60.8 Å². The molecule has 6 nitrogen and oxygen atoms in total. The predicted octanol–water partition coefficient (Wildman–Crippen LogP) is 5.53. The number of benzene rings is 2. The highest BCUT2D eigenvalue weighted by Crippen LogP contribution is 2.34. The number of hydrogen-bond acceptors (Lipinski definition) is 5. The summed E-state index contributed by atoms with van der Waals surface area (Å²) in [5.41, 5.74) is 2.07. The number of nitrogens with one attached hydrogen (secondary N) is 1. The molecule has 0 radical (unpaired) electrons. The van der Waals surface area contributed by atoms with Gasteiger partial charge in [0.1, 0.15) is 23.7 Å². The number of carbonyl (C=O) groups excluding carboxylic acids is 1. The third kappa shape index (κ3) is 7.02. The highest BCUT2D eigenvalue weighted by molar-refractivity contribution is 5.97. The molecule has 180 valence electrons. The maximum Gasteiger partial charge on any atom is 0.257 e. The molecular weight excluding hydrogens is 435 g/mol. The van der Waals surface area contributed by atoms with E-state index in [9.17, 15) is 14.3 Å². The summed E-state index contributed by atoms with van der Waals surface area (Å²) in [7, 11) is 0. The molecular formula is C27H31FN2O4. The Kier molecular flexibility index (Phi) is 9.40. The van der Waals surface area contributed by atoms with Gasteiger partial charge in [0, 0.05) is 12.7 Å². The van der Waals surface area contributed by atoms with E-state index in [2.05, 4.69) is 24.1 Å². The molecule has 3 aromatic rings. The number of halogens is 1. The quantitative estimate of drug-likeness (QED) is 0.367. The van der Waals surface area contributed by atoms with Crippen molar-refractivity contribution in [1.82, 2.24) is 10.3 Å². The van der Waals surface area contributed by atoms with Crippen LogP contribution in [0.3, 0.4) is 0 Å². The van der Waals surface area contributed by atoms with Crippen LogP contribution in [0.2, 0.25) is 0 Å². The molecule has 1 heterocycles. The average Bonchev–Trinajstić information content (AvgIpc) is 2.86. The lowest BCUT2D eigenvalue weighted by atomic mass is 10.1. The Morgan fingerprint density at radius 1 is 1.06 bits per heavy atom. The van der Waals surface area contributed by atoms with Crippen molar-refractivity contribution in [1.29, 1.82) is 0 Å². The molecule has 3 rings (SSSR count). The lowest BCUT2D eigenvalue weighted by molar-refractivity contribution is 0.0287. The average molecular weight is 467 g/mol. The minimum atomic E-state index is -0.510. The number of amides is 1. The standard InChI is InChI=1S/C27H31FN2O4/c1-3-8-22(4-2)33-18-24-26(34-17-20-9-6-5-7-10-20)25(31)23(16-29-24)27(32)30-15-19-11-13-21(28)14-12-19/h5-7,9-14,16,22H,3-4,8,15,17-18H2,1-2H3,(H,29,31)(H,30,32). The minimum absolute atomic E-state index is 0.00507. The monoisotopic (exact) mass is 466 g/mol. The van der Waals surface area contributed by atoms with Crippen LogP contribution in [-0.4, -0.2) is 22.1 Å². The third-order valence-electron chi connectivity index (χ3n) is 5.44. The number of pyridine rings is 1. The van der Waals surface area contributed by atoms with Crippen LogP contribution in [0.5, 0.6) is 11.5 Å². The van der Waals surface area contributed by atoms with Crippen LogP contribution in [0.1, 0.15) is 60.3 Å². The molecule has 0 bridgehead atoms. The largest absolute Gasteiger partial charge is 0.504 e. The van der Waals surface area contributed by atoms with Gasteiger partial charge in [0.2, 0.25) is 0 Å². The van der Waals surface area contributed by atoms with E-state index in [-0.39, 0.29) is 48.7 Å². The Morgan fingerprint density at radius 2 is 1.79 bits per heavy atom. The highest BCUT2D eigenvalue weighted by atomic mass is 19.1. The molecule has 1 aromatic heterocycles. The maximum absolute atomic E-state index is 13.1. The van der Waals surface area contributed by atoms with Crippen molar-refractivity contribution in [3.8, 4) is 11.5 Å². The summed E-state index contributed by atoms with van der Waals surface area (Å²) >= 11 is 0. The van der Waals surface area contributed by atoms with Crippen LogP contribution in [0, 0.1) is 5.82 Å². The zero-order chi connectivity index (χ0) is 24.3. The molecule has 34 heavy (non-hydrogen) atoms. The molecule has 1 atom stereocenters. The zero-order valence-electron chi connectivity index (χ0n) is 19.6. The van der Waals surface area contributed by atoms with Crippen molar-refractivity contribution >= 4 is 5.91 Å². The van der Waals surface area contributed by atoms with Crippen LogP contribution in [-0.2, 0) is 24.5 Å². The molecule has 0 fully saturated rings. The van der Waals surface area contributed by atoms with Crippen molar-refractivity contribution in [2.45, 2.75) is 59.0 Å². The first kappa shape index (κ1) is 25.2. The van der Waals surface area contributed by atoms with Gasteiger partial charge in [-0.2, -0.15) is 0 Å². The van der Waals surface area contributed by atoms with Gasteiger partial charge in [-0.3, -0.25) is 9.78 Å². The summed E-state index contributed by atoms with van der Waals surface area (Å²) in [6.07, 6.45) is 4.19. The Bertz CT molecular complexity index is 1060. The Balaban J connectivity index is 1.79. The summed E-state index contributed by atoms with van der Waals surface area (Å²) < 4.78 is 25.0. The van der Waals surface area contributed by atoms with Crippen LogP contribution in [0.4, 0.5) is 4.39 Å². The second-order valence-corrected chi connectivity index (χ2v) is 8.01. The molecule has 2 aromatic carbocycles. The third-order valence-corrected chi connectivity index (χ3v) is 5.44. The Hall–Kier alpha value is -3.45. The van der Waals surface area contributed by atoms with Crippen LogP contribution < -0.4 is 10.1 Å². The molecule has 0 aliphatic heterocycles. The van der Waals surface area contributed by atoms with E-state index in [0.717, 1.165) is 30.4 Å². The SMILES string of the molecule is CCCC(CC)OCc1ncc(C(=O)NCc2ccc(F)cc2)c(O)c1OCc1ccccc1. The molecule has 0 aliphatic carbocycles. The summed E-state index contributed by atoms with van der Waals surface area (Å²) in [5.74, 6) is -1.02. The van der Waals surface area contributed by atoms with Crippen molar-refractivity contribution in [3.05, 3.63) is 89.0 Å². The second-order valence-electron chi connectivity index (χ2n) is 8.01.